The summed E-state index contributed by atoms with van der Waals surface area (Å²) in [5, 5.41) is 0.396. The predicted molar refractivity (Wildman–Crippen MR) is 82.9 cm³/mol. The number of halogens is 1. The van der Waals surface area contributed by atoms with Gasteiger partial charge in [-0.05, 0) is 37.6 Å². The van der Waals surface area contributed by atoms with Gasteiger partial charge < -0.3 is 9.47 Å². The zero-order valence-corrected chi connectivity index (χ0v) is 12.8. The van der Waals surface area contributed by atoms with Gasteiger partial charge in [0, 0.05) is 0 Å². The van der Waals surface area contributed by atoms with Gasteiger partial charge in [-0.3, -0.25) is 0 Å². The fourth-order valence-corrected chi connectivity index (χ4v) is 2.04. The molecule has 0 spiro atoms. The van der Waals surface area contributed by atoms with E-state index in [0.29, 0.717) is 29.5 Å². The van der Waals surface area contributed by atoms with Crippen LogP contribution in [0, 0.1) is 6.92 Å². The van der Waals surface area contributed by atoms with Crippen LogP contribution >= 0.6 is 11.6 Å². The molecule has 0 saturated carbocycles. The minimum absolute atomic E-state index is 0.335. The van der Waals surface area contributed by atoms with Gasteiger partial charge in [0.2, 0.25) is 0 Å². The summed E-state index contributed by atoms with van der Waals surface area (Å²) in [4.78, 5) is 11.6. The van der Waals surface area contributed by atoms with Crippen LogP contribution in [0.2, 0.25) is 5.02 Å². The van der Waals surface area contributed by atoms with E-state index in [2.05, 4.69) is 0 Å². The highest BCUT2D eigenvalue weighted by atomic mass is 35.5. The smallest absolute Gasteiger partial charge is 0.338 e. The Hall–Kier alpha value is -2.00. The molecule has 0 amide bonds. The van der Waals surface area contributed by atoms with Crippen molar-refractivity contribution < 1.29 is 14.3 Å². The third-order valence-electron chi connectivity index (χ3n) is 2.96. The first-order valence-electron chi connectivity index (χ1n) is 6.75. The number of esters is 1. The van der Waals surface area contributed by atoms with E-state index in [9.17, 15) is 4.79 Å². The van der Waals surface area contributed by atoms with Crippen LogP contribution in [0.25, 0.3) is 0 Å². The summed E-state index contributed by atoms with van der Waals surface area (Å²) in [6, 6.07) is 13.0. The van der Waals surface area contributed by atoms with Crippen molar-refractivity contribution in [1.29, 1.82) is 0 Å². The largest absolute Gasteiger partial charge is 0.487 e. The summed E-state index contributed by atoms with van der Waals surface area (Å²) < 4.78 is 10.6. The number of ether oxygens (including phenoxy) is 2. The Morgan fingerprint density at radius 3 is 2.48 bits per heavy atom. The zero-order valence-electron chi connectivity index (χ0n) is 12.1. The molecular formula is C17H17ClO3. The molecule has 0 radical (unpaired) electrons. The van der Waals surface area contributed by atoms with Crippen molar-refractivity contribution >= 4 is 17.6 Å². The summed E-state index contributed by atoms with van der Waals surface area (Å²) in [6.07, 6.45) is 0. The molecule has 0 aliphatic rings. The molecule has 110 valence electrons. The molecule has 0 saturated heterocycles. The lowest BCUT2D eigenvalue weighted by molar-refractivity contribution is 0.0526. The molecule has 2 rings (SSSR count). The Balaban J connectivity index is 2.04. The molecule has 0 atom stereocenters. The highest BCUT2D eigenvalue weighted by Crippen LogP contribution is 2.26. The summed E-state index contributed by atoms with van der Waals surface area (Å²) in [6.45, 7) is 4.56. The predicted octanol–water partition coefficient (Wildman–Crippen LogP) is 4.40. The lowest BCUT2D eigenvalue weighted by Crippen LogP contribution is -2.04. The van der Waals surface area contributed by atoms with E-state index in [1.807, 2.05) is 31.2 Å². The van der Waals surface area contributed by atoms with Crippen molar-refractivity contribution in [1.82, 2.24) is 0 Å². The molecule has 2 aromatic rings. The molecule has 0 bridgehead atoms. The highest BCUT2D eigenvalue weighted by Gasteiger charge is 2.10. The lowest BCUT2D eigenvalue weighted by atomic mass is 10.2. The normalized spacial score (nSPS) is 10.2. The van der Waals surface area contributed by atoms with E-state index in [1.54, 1.807) is 25.1 Å². The van der Waals surface area contributed by atoms with Gasteiger partial charge in [-0.15, -0.1) is 0 Å². The molecule has 0 heterocycles. The number of hydrogen-bond acceptors (Lipinski definition) is 3. The third-order valence-corrected chi connectivity index (χ3v) is 3.25. The third kappa shape index (κ3) is 4.23. The molecule has 21 heavy (non-hydrogen) atoms. The molecule has 3 nitrogen and oxygen atoms in total. The molecule has 4 heteroatoms. The van der Waals surface area contributed by atoms with E-state index >= 15 is 0 Å². The Bertz CT molecular complexity index is 620. The molecule has 0 aromatic heterocycles. The van der Waals surface area contributed by atoms with E-state index in [-0.39, 0.29) is 5.97 Å². The van der Waals surface area contributed by atoms with Crippen molar-refractivity contribution in [3.63, 3.8) is 0 Å². The fourth-order valence-electron chi connectivity index (χ4n) is 1.80. The molecular weight excluding hydrogens is 288 g/mol. The molecule has 2 aromatic carbocycles. The van der Waals surface area contributed by atoms with Crippen molar-refractivity contribution in [2.24, 2.45) is 0 Å². The average Bonchev–Trinajstić information content (AvgIpc) is 2.48. The summed E-state index contributed by atoms with van der Waals surface area (Å²) in [7, 11) is 0. The molecule has 0 aliphatic heterocycles. The number of aryl methyl sites for hydroxylation is 1. The first-order valence-corrected chi connectivity index (χ1v) is 7.13. The van der Waals surface area contributed by atoms with Crippen LogP contribution in [-0.4, -0.2) is 12.6 Å². The van der Waals surface area contributed by atoms with Crippen LogP contribution in [0.15, 0.2) is 42.5 Å². The summed E-state index contributed by atoms with van der Waals surface area (Å²) in [5.74, 6) is 0.162. The lowest BCUT2D eigenvalue weighted by Gasteiger charge is -2.09. The number of benzene rings is 2. The van der Waals surface area contributed by atoms with E-state index in [1.165, 1.54) is 5.56 Å². The van der Waals surface area contributed by atoms with Crippen LogP contribution in [0.1, 0.15) is 28.4 Å². The van der Waals surface area contributed by atoms with Gasteiger partial charge in [0.25, 0.3) is 0 Å². The number of carbonyl (C=O) groups excluding carboxylic acids is 1. The average molecular weight is 305 g/mol. The Morgan fingerprint density at radius 2 is 1.86 bits per heavy atom. The molecule has 0 fully saturated rings. The quantitative estimate of drug-likeness (QED) is 0.768. The maximum atomic E-state index is 11.6. The van der Waals surface area contributed by atoms with Crippen molar-refractivity contribution in [2.45, 2.75) is 20.5 Å². The van der Waals surface area contributed by atoms with Crippen LogP contribution in [0.5, 0.6) is 5.75 Å². The van der Waals surface area contributed by atoms with Crippen LogP contribution in [0.3, 0.4) is 0 Å². The van der Waals surface area contributed by atoms with Gasteiger partial charge in [0.15, 0.2) is 0 Å². The van der Waals surface area contributed by atoms with Gasteiger partial charge in [0.1, 0.15) is 12.4 Å². The fraction of sp³-hybridized carbons (Fsp3) is 0.235. The summed E-state index contributed by atoms with van der Waals surface area (Å²) in [5.41, 5.74) is 2.69. The second-order valence-electron chi connectivity index (χ2n) is 4.64. The first kappa shape index (κ1) is 15.4. The van der Waals surface area contributed by atoms with Crippen LogP contribution in [-0.2, 0) is 11.3 Å². The minimum atomic E-state index is -0.385. The van der Waals surface area contributed by atoms with Gasteiger partial charge in [0.05, 0.1) is 17.2 Å². The standard InChI is InChI=1S/C17H17ClO3/c1-3-20-17(19)14-8-9-16(15(18)10-14)21-11-13-6-4-12(2)5-7-13/h4-10H,3,11H2,1-2H3. The van der Waals surface area contributed by atoms with Gasteiger partial charge >= 0.3 is 5.97 Å². The number of hydrogen-bond donors (Lipinski definition) is 0. The van der Waals surface area contributed by atoms with Gasteiger partial charge in [-0.1, -0.05) is 41.4 Å². The maximum absolute atomic E-state index is 11.6. The SMILES string of the molecule is CCOC(=O)c1ccc(OCc2ccc(C)cc2)c(Cl)c1. The monoisotopic (exact) mass is 304 g/mol. The van der Waals surface area contributed by atoms with Crippen molar-refractivity contribution in [3.05, 3.63) is 64.2 Å². The van der Waals surface area contributed by atoms with Gasteiger partial charge in [-0.2, -0.15) is 0 Å². The van der Waals surface area contributed by atoms with Crippen LogP contribution < -0.4 is 4.74 Å². The molecule has 0 aliphatic carbocycles. The Kier molecular flexibility index (Phi) is 5.23. The second kappa shape index (κ2) is 7.14. The van der Waals surface area contributed by atoms with E-state index in [4.69, 9.17) is 21.1 Å². The Morgan fingerprint density at radius 1 is 1.14 bits per heavy atom. The Labute approximate surface area is 129 Å². The van der Waals surface area contributed by atoms with E-state index < -0.39 is 0 Å². The molecule has 0 N–H and O–H groups in total. The van der Waals surface area contributed by atoms with Crippen molar-refractivity contribution in [2.75, 3.05) is 6.61 Å². The van der Waals surface area contributed by atoms with E-state index in [0.717, 1.165) is 5.56 Å². The van der Waals surface area contributed by atoms with Crippen LogP contribution in [0.4, 0.5) is 0 Å². The summed E-state index contributed by atoms with van der Waals surface area (Å²) >= 11 is 6.13. The minimum Gasteiger partial charge on any atom is -0.487 e. The highest BCUT2D eigenvalue weighted by molar-refractivity contribution is 6.32. The zero-order chi connectivity index (χ0) is 15.2. The first-order chi connectivity index (χ1) is 10.1. The maximum Gasteiger partial charge on any atom is 0.338 e. The topological polar surface area (TPSA) is 35.5 Å². The molecule has 0 unspecified atom stereocenters. The van der Waals surface area contributed by atoms with Gasteiger partial charge in [-0.25, -0.2) is 4.79 Å². The number of carbonyl (C=O) groups is 1. The van der Waals surface area contributed by atoms with Crippen molar-refractivity contribution in [3.8, 4) is 5.75 Å². The second-order valence-corrected chi connectivity index (χ2v) is 5.05. The number of rotatable bonds is 5.